The molecule has 0 bridgehead atoms. The van der Waals surface area contributed by atoms with E-state index in [0.717, 1.165) is 25.9 Å². The Bertz CT molecular complexity index is 342. The van der Waals surface area contributed by atoms with E-state index in [1.165, 1.54) is 4.31 Å². The van der Waals surface area contributed by atoms with E-state index in [4.69, 9.17) is 5.26 Å². The molecular weight excluding hydrogens is 226 g/mol. The molecule has 6 heteroatoms. The number of nitrogens with zero attached hydrogens (tertiary/aromatic N) is 2. The van der Waals surface area contributed by atoms with Crippen LogP contribution in [0.1, 0.15) is 19.8 Å². The van der Waals surface area contributed by atoms with Gasteiger partial charge in [0.15, 0.2) is 5.75 Å². The van der Waals surface area contributed by atoms with Crippen LogP contribution < -0.4 is 5.32 Å². The van der Waals surface area contributed by atoms with E-state index in [2.05, 4.69) is 5.32 Å². The van der Waals surface area contributed by atoms with Crippen molar-refractivity contribution < 1.29 is 8.42 Å². The normalized spacial score (nSPS) is 18.6. The molecular formula is C10H19N3O2S. The Balaban J connectivity index is 2.57. The first-order valence-electron chi connectivity index (χ1n) is 5.65. The first-order chi connectivity index (χ1) is 7.60. The van der Waals surface area contributed by atoms with Gasteiger partial charge in [0, 0.05) is 13.1 Å². The number of hydrogen-bond acceptors (Lipinski definition) is 4. The average molecular weight is 245 g/mol. The van der Waals surface area contributed by atoms with Crippen LogP contribution in [-0.2, 0) is 10.0 Å². The molecule has 0 amide bonds. The fourth-order valence-corrected chi connectivity index (χ4v) is 3.14. The Labute approximate surface area is 97.5 Å². The van der Waals surface area contributed by atoms with Gasteiger partial charge in [0.2, 0.25) is 10.0 Å². The zero-order valence-electron chi connectivity index (χ0n) is 9.65. The molecule has 0 aromatic rings. The monoisotopic (exact) mass is 245 g/mol. The van der Waals surface area contributed by atoms with Crippen LogP contribution in [0, 0.1) is 17.2 Å². The second-order valence-electron chi connectivity index (χ2n) is 4.06. The maximum absolute atomic E-state index is 11.7. The van der Waals surface area contributed by atoms with Crippen molar-refractivity contribution in [2.24, 2.45) is 5.92 Å². The quantitative estimate of drug-likeness (QED) is 0.749. The largest absolute Gasteiger partial charge is 0.317 e. The van der Waals surface area contributed by atoms with Gasteiger partial charge in [0.1, 0.15) is 0 Å². The zero-order chi connectivity index (χ0) is 12.0. The van der Waals surface area contributed by atoms with Crippen molar-refractivity contribution in [2.45, 2.75) is 19.8 Å². The van der Waals surface area contributed by atoms with Gasteiger partial charge in [-0.1, -0.05) is 6.92 Å². The second-order valence-corrected chi connectivity index (χ2v) is 6.03. The van der Waals surface area contributed by atoms with Crippen molar-refractivity contribution in [3.05, 3.63) is 0 Å². The minimum absolute atomic E-state index is 0.411. The minimum atomic E-state index is -3.37. The van der Waals surface area contributed by atoms with Crippen LogP contribution >= 0.6 is 0 Å². The first-order valence-corrected chi connectivity index (χ1v) is 7.26. The Morgan fingerprint density at radius 1 is 1.44 bits per heavy atom. The summed E-state index contributed by atoms with van der Waals surface area (Å²) < 4.78 is 24.9. The molecule has 1 saturated heterocycles. The Kier molecular flexibility index (Phi) is 5.19. The van der Waals surface area contributed by atoms with E-state index in [9.17, 15) is 8.42 Å². The topological polar surface area (TPSA) is 73.2 Å². The van der Waals surface area contributed by atoms with Crippen molar-refractivity contribution in [3.8, 4) is 6.07 Å². The molecule has 0 atom stereocenters. The first kappa shape index (κ1) is 13.4. The lowest BCUT2D eigenvalue weighted by Gasteiger charge is -2.28. The van der Waals surface area contributed by atoms with Crippen molar-refractivity contribution in [2.75, 3.05) is 31.9 Å². The van der Waals surface area contributed by atoms with Crippen LogP contribution in [0.4, 0.5) is 0 Å². The molecule has 1 N–H and O–H groups in total. The maximum atomic E-state index is 11.7. The summed E-state index contributed by atoms with van der Waals surface area (Å²) in [5.74, 6) is 0.0147. The summed E-state index contributed by atoms with van der Waals surface area (Å²) in [5, 5.41) is 11.7. The number of rotatable bonds is 5. The predicted molar refractivity (Wildman–Crippen MR) is 62.2 cm³/mol. The molecule has 0 spiro atoms. The Hall–Kier alpha value is -0.640. The van der Waals surface area contributed by atoms with Crippen LogP contribution in [0.5, 0.6) is 0 Å². The van der Waals surface area contributed by atoms with Crippen LogP contribution in [-0.4, -0.2) is 44.7 Å². The standard InChI is InChI=1S/C10H19N3O2S/c1-2-13(16(14,15)8-5-11)9-10-3-6-12-7-4-10/h10,12H,2-4,6-9H2,1H3. The molecule has 0 unspecified atom stereocenters. The highest BCUT2D eigenvalue weighted by atomic mass is 32.2. The third kappa shape index (κ3) is 3.74. The summed E-state index contributed by atoms with van der Waals surface area (Å²) in [6.07, 6.45) is 2.02. The van der Waals surface area contributed by atoms with E-state index >= 15 is 0 Å². The predicted octanol–water partition coefficient (Wildman–Crippen LogP) is 0.161. The molecule has 0 aromatic carbocycles. The Morgan fingerprint density at radius 2 is 2.06 bits per heavy atom. The summed E-state index contributed by atoms with van der Waals surface area (Å²) in [6, 6.07) is 1.72. The summed E-state index contributed by atoms with van der Waals surface area (Å²) in [5.41, 5.74) is 0. The van der Waals surface area contributed by atoms with Crippen LogP contribution in [0.15, 0.2) is 0 Å². The van der Waals surface area contributed by atoms with Gasteiger partial charge in [0.05, 0.1) is 6.07 Å². The molecule has 0 aliphatic carbocycles. The number of nitriles is 1. The van der Waals surface area contributed by atoms with E-state index in [0.29, 0.717) is 19.0 Å². The average Bonchev–Trinajstić information content (AvgIpc) is 2.27. The summed E-state index contributed by atoms with van der Waals surface area (Å²) in [6.45, 7) is 4.74. The Morgan fingerprint density at radius 3 is 2.56 bits per heavy atom. The molecule has 1 rings (SSSR count). The van der Waals surface area contributed by atoms with Crippen molar-refractivity contribution in [3.63, 3.8) is 0 Å². The molecule has 0 aromatic heterocycles. The SMILES string of the molecule is CCN(CC1CCNCC1)S(=O)(=O)CC#N. The van der Waals surface area contributed by atoms with Gasteiger partial charge in [-0.05, 0) is 31.8 Å². The molecule has 1 aliphatic rings. The third-order valence-electron chi connectivity index (χ3n) is 2.91. The highest BCUT2D eigenvalue weighted by Crippen LogP contribution is 2.15. The lowest BCUT2D eigenvalue weighted by atomic mass is 9.98. The van der Waals surface area contributed by atoms with Crippen molar-refractivity contribution >= 4 is 10.0 Å². The molecule has 5 nitrogen and oxygen atoms in total. The number of sulfonamides is 1. The molecule has 1 fully saturated rings. The smallest absolute Gasteiger partial charge is 0.227 e. The molecule has 16 heavy (non-hydrogen) atoms. The number of hydrogen-bond donors (Lipinski definition) is 1. The van der Waals surface area contributed by atoms with Crippen LogP contribution in [0.3, 0.4) is 0 Å². The van der Waals surface area contributed by atoms with Gasteiger partial charge in [-0.15, -0.1) is 0 Å². The highest BCUT2D eigenvalue weighted by molar-refractivity contribution is 7.89. The van der Waals surface area contributed by atoms with Gasteiger partial charge in [-0.25, -0.2) is 12.7 Å². The fraction of sp³-hybridized carbons (Fsp3) is 0.900. The summed E-state index contributed by atoms with van der Waals surface area (Å²) in [4.78, 5) is 0. The van der Waals surface area contributed by atoms with Gasteiger partial charge < -0.3 is 5.32 Å². The summed E-state index contributed by atoms with van der Waals surface area (Å²) >= 11 is 0. The highest BCUT2D eigenvalue weighted by Gasteiger charge is 2.24. The zero-order valence-corrected chi connectivity index (χ0v) is 10.5. The van der Waals surface area contributed by atoms with E-state index in [1.807, 2.05) is 6.92 Å². The van der Waals surface area contributed by atoms with Crippen molar-refractivity contribution in [1.29, 1.82) is 5.26 Å². The maximum Gasteiger partial charge on any atom is 0.227 e. The minimum Gasteiger partial charge on any atom is -0.317 e. The van der Waals surface area contributed by atoms with Gasteiger partial charge >= 0.3 is 0 Å². The molecule has 92 valence electrons. The molecule has 1 aliphatic heterocycles. The number of nitrogens with one attached hydrogen (secondary N) is 1. The number of piperidine rings is 1. The van der Waals surface area contributed by atoms with E-state index in [1.54, 1.807) is 6.07 Å². The molecule has 1 heterocycles. The van der Waals surface area contributed by atoms with Crippen LogP contribution in [0.2, 0.25) is 0 Å². The lowest BCUT2D eigenvalue weighted by Crippen LogP contribution is -2.40. The molecule has 0 radical (unpaired) electrons. The third-order valence-corrected chi connectivity index (χ3v) is 4.60. The summed E-state index contributed by atoms with van der Waals surface area (Å²) in [7, 11) is -3.37. The lowest BCUT2D eigenvalue weighted by molar-refractivity contribution is 0.295. The fourth-order valence-electron chi connectivity index (χ4n) is 1.96. The van der Waals surface area contributed by atoms with Gasteiger partial charge in [-0.2, -0.15) is 5.26 Å². The van der Waals surface area contributed by atoms with Gasteiger partial charge in [0.25, 0.3) is 0 Å². The van der Waals surface area contributed by atoms with E-state index in [-0.39, 0.29) is 0 Å². The van der Waals surface area contributed by atoms with E-state index < -0.39 is 15.8 Å². The second kappa shape index (κ2) is 6.18. The van der Waals surface area contributed by atoms with Gasteiger partial charge in [-0.3, -0.25) is 0 Å². The molecule has 0 saturated carbocycles. The van der Waals surface area contributed by atoms with Crippen molar-refractivity contribution in [1.82, 2.24) is 9.62 Å². The van der Waals surface area contributed by atoms with Crippen LogP contribution in [0.25, 0.3) is 0 Å².